The second-order valence-corrected chi connectivity index (χ2v) is 5.73. The number of imide groups is 1. The lowest BCUT2D eigenvalue weighted by molar-refractivity contribution is -0.137. The number of thioether (sulfide) groups is 1. The Kier molecular flexibility index (Phi) is 5.16. The fraction of sp³-hybridized carbons (Fsp3) is 0.286. The Morgan fingerprint density at radius 1 is 1.23 bits per heavy atom. The third-order valence-corrected chi connectivity index (χ3v) is 4.00. The molecular weight excluding hydrogens is 308 g/mol. The van der Waals surface area contributed by atoms with E-state index in [1.54, 1.807) is 30.3 Å². The molecule has 1 aromatic carbocycles. The number of carboxylic acids is 1. The predicted molar refractivity (Wildman–Crippen MR) is 80.6 cm³/mol. The molecule has 3 amide bonds. The van der Waals surface area contributed by atoms with Crippen LogP contribution in [-0.4, -0.2) is 39.9 Å². The van der Waals surface area contributed by atoms with Crippen LogP contribution in [0.5, 0.6) is 0 Å². The first-order chi connectivity index (χ1) is 10.5. The first-order valence-corrected chi connectivity index (χ1v) is 7.45. The number of carbonyl (C=O) groups is 4. The molecule has 1 saturated heterocycles. The summed E-state index contributed by atoms with van der Waals surface area (Å²) in [4.78, 5) is 47.3. The molecule has 1 unspecified atom stereocenters. The number of nitrogens with one attached hydrogen (secondary N) is 1. The highest BCUT2D eigenvalue weighted by molar-refractivity contribution is 8.15. The van der Waals surface area contributed by atoms with Gasteiger partial charge in [0, 0.05) is 13.0 Å². The molecule has 8 heteroatoms. The van der Waals surface area contributed by atoms with Crippen molar-refractivity contribution in [2.24, 2.45) is 0 Å². The van der Waals surface area contributed by atoms with Gasteiger partial charge < -0.3 is 10.4 Å². The highest BCUT2D eigenvalue weighted by Gasteiger charge is 2.41. The van der Waals surface area contributed by atoms with Gasteiger partial charge in [0.05, 0.1) is 12.1 Å². The van der Waals surface area contributed by atoms with Gasteiger partial charge in [0.2, 0.25) is 11.8 Å². The standard InChI is InChI=1S/C14H14N2O5S/c17-11(15-7-6-12(18)19)8-10-13(20)16(14(21)22-10)9-4-2-1-3-5-9/h1-5,10H,6-8H2,(H,15,17)(H,18,19). The molecule has 116 valence electrons. The van der Waals surface area contributed by atoms with Crippen LogP contribution in [0, 0.1) is 0 Å². The van der Waals surface area contributed by atoms with Crippen LogP contribution in [0.25, 0.3) is 0 Å². The smallest absolute Gasteiger partial charge is 0.305 e. The molecule has 2 N–H and O–H groups in total. The molecule has 0 spiro atoms. The van der Waals surface area contributed by atoms with Crippen molar-refractivity contribution in [2.45, 2.75) is 18.1 Å². The average molecular weight is 322 g/mol. The molecule has 0 aromatic heterocycles. The number of nitrogens with zero attached hydrogens (tertiary/aromatic N) is 1. The van der Waals surface area contributed by atoms with Crippen molar-refractivity contribution in [3.63, 3.8) is 0 Å². The van der Waals surface area contributed by atoms with Crippen molar-refractivity contribution in [1.82, 2.24) is 5.32 Å². The van der Waals surface area contributed by atoms with Gasteiger partial charge in [0.1, 0.15) is 5.25 Å². The molecule has 1 heterocycles. The van der Waals surface area contributed by atoms with E-state index >= 15 is 0 Å². The monoisotopic (exact) mass is 322 g/mol. The molecule has 7 nitrogen and oxygen atoms in total. The Morgan fingerprint density at radius 3 is 2.55 bits per heavy atom. The van der Waals surface area contributed by atoms with Crippen LogP contribution in [0.1, 0.15) is 12.8 Å². The fourth-order valence-electron chi connectivity index (χ4n) is 1.95. The van der Waals surface area contributed by atoms with Crippen LogP contribution >= 0.6 is 11.8 Å². The lowest BCUT2D eigenvalue weighted by atomic mass is 10.2. The number of benzene rings is 1. The van der Waals surface area contributed by atoms with Gasteiger partial charge in [-0.05, 0) is 23.9 Å². The zero-order valence-corrected chi connectivity index (χ0v) is 12.3. The van der Waals surface area contributed by atoms with Gasteiger partial charge in [-0.25, -0.2) is 4.90 Å². The summed E-state index contributed by atoms with van der Waals surface area (Å²) in [6.45, 7) is -0.00388. The molecule has 2 rings (SSSR count). The molecule has 0 saturated carbocycles. The molecule has 0 radical (unpaired) electrons. The highest BCUT2D eigenvalue weighted by Crippen LogP contribution is 2.33. The van der Waals surface area contributed by atoms with Gasteiger partial charge in [-0.3, -0.25) is 19.2 Å². The molecule has 1 atom stereocenters. The Balaban J connectivity index is 1.94. The summed E-state index contributed by atoms with van der Waals surface area (Å²) < 4.78 is 0. The van der Waals surface area contributed by atoms with Gasteiger partial charge in [-0.2, -0.15) is 0 Å². The number of amides is 3. The van der Waals surface area contributed by atoms with Crippen molar-refractivity contribution >= 4 is 40.5 Å². The van der Waals surface area contributed by atoms with Crippen LogP contribution in [0.3, 0.4) is 0 Å². The van der Waals surface area contributed by atoms with Gasteiger partial charge >= 0.3 is 5.97 Å². The zero-order valence-electron chi connectivity index (χ0n) is 11.5. The minimum atomic E-state index is -1.02. The van der Waals surface area contributed by atoms with E-state index in [1.165, 1.54) is 0 Å². The third kappa shape index (κ3) is 3.85. The van der Waals surface area contributed by atoms with Crippen molar-refractivity contribution in [1.29, 1.82) is 0 Å². The summed E-state index contributed by atoms with van der Waals surface area (Å²) in [5, 5.41) is 9.71. The molecule has 1 aliphatic heterocycles. The molecule has 1 fully saturated rings. The Labute approximate surface area is 130 Å². The largest absolute Gasteiger partial charge is 0.481 e. The first-order valence-electron chi connectivity index (χ1n) is 6.57. The van der Waals surface area contributed by atoms with Crippen LogP contribution in [0.4, 0.5) is 10.5 Å². The second-order valence-electron chi connectivity index (χ2n) is 4.58. The molecule has 1 aromatic rings. The normalized spacial score (nSPS) is 17.6. The summed E-state index contributed by atoms with van der Waals surface area (Å²) in [6.07, 6.45) is -0.343. The van der Waals surface area contributed by atoms with Crippen molar-refractivity contribution < 1.29 is 24.3 Å². The molecule has 0 aliphatic carbocycles. The lowest BCUT2D eigenvalue weighted by Crippen LogP contribution is -2.34. The zero-order chi connectivity index (χ0) is 16.1. The summed E-state index contributed by atoms with van der Waals surface area (Å²) in [6, 6.07) is 8.49. The van der Waals surface area contributed by atoms with E-state index in [4.69, 9.17) is 5.11 Å². The summed E-state index contributed by atoms with van der Waals surface area (Å²) in [7, 11) is 0. The van der Waals surface area contributed by atoms with Crippen molar-refractivity contribution in [3.05, 3.63) is 30.3 Å². The number of hydrogen-bond acceptors (Lipinski definition) is 5. The SMILES string of the molecule is O=C(O)CCNC(=O)CC1SC(=O)N(c2ccccc2)C1=O. The number of hydrogen-bond donors (Lipinski definition) is 2. The molecular formula is C14H14N2O5S. The fourth-order valence-corrected chi connectivity index (χ4v) is 2.93. The van der Waals surface area contributed by atoms with Gasteiger partial charge in [-0.1, -0.05) is 18.2 Å². The van der Waals surface area contributed by atoms with E-state index in [1.807, 2.05) is 0 Å². The van der Waals surface area contributed by atoms with E-state index in [0.717, 1.165) is 16.7 Å². The molecule has 22 heavy (non-hydrogen) atoms. The minimum absolute atomic E-state index is 0.00388. The van der Waals surface area contributed by atoms with Crippen molar-refractivity contribution in [3.8, 4) is 0 Å². The van der Waals surface area contributed by atoms with E-state index in [9.17, 15) is 19.2 Å². The quantitative estimate of drug-likeness (QED) is 0.816. The molecule has 1 aliphatic rings. The predicted octanol–water partition coefficient (Wildman–Crippen LogP) is 1.24. The van der Waals surface area contributed by atoms with Crippen molar-refractivity contribution in [2.75, 3.05) is 11.4 Å². The topological polar surface area (TPSA) is 104 Å². The Bertz CT molecular complexity index is 605. The number of anilines is 1. The maximum absolute atomic E-state index is 12.2. The number of para-hydroxylation sites is 1. The van der Waals surface area contributed by atoms with E-state index < -0.39 is 28.3 Å². The highest BCUT2D eigenvalue weighted by atomic mass is 32.2. The summed E-state index contributed by atoms with van der Waals surface area (Å²) in [5.74, 6) is -1.90. The Hall–Kier alpha value is -2.35. The number of carbonyl (C=O) groups excluding carboxylic acids is 3. The van der Waals surface area contributed by atoms with Crippen LogP contribution in [-0.2, 0) is 14.4 Å². The second kappa shape index (κ2) is 7.08. The minimum Gasteiger partial charge on any atom is -0.481 e. The average Bonchev–Trinajstić information content (AvgIpc) is 2.74. The first kappa shape index (κ1) is 16.0. The summed E-state index contributed by atoms with van der Waals surface area (Å²) >= 11 is 0.805. The van der Waals surface area contributed by atoms with Crippen LogP contribution < -0.4 is 10.2 Å². The van der Waals surface area contributed by atoms with E-state index in [0.29, 0.717) is 5.69 Å². The van der Waals surface area contributed by atoms with Gasteiger partial charge in [-0.15, -0.1) is 0 Å². The lowest BCUT2D eigenvalue weighted by Gasteiger charge is -2.13. The number of aliphatic carboxylic acids is 1. The number of carboxylic acid groups (broad SMARTS) is 1. The summed E-state index contributed by atoms with van der Waals surface area (Å²) in [5.41, 5.74) is 0.471. The Morgan fingerprint density at radius 2 is 1.91 bits per heavy atom. The van der Waals surface area contributed by atoms with Crippen LogP contribution in [0.15, 0.2) is 30.3 Å². The van der Waals surface area contributed by atoms with Gasteiger partial charge in [0.25, 0.3) is 5.24 Å². The van der Waals surface area contributed by atoms with Crippen LogP contribution in [0.2, 0.25) is 0 Å². The third-order valence-electron chi connectivity index (χ3n) is 2.97. The maximum atomic E-state index is 12.2. The van der Waals surface area contributed by atoms with E-state index in [-0.39, 0.29) is 19.4 Å². The van der Waals surface area contributed by atoms with Gasteiger partial charge in [0.15, 0.2) is 0 Å². The maximum Gasteiger partial charge on any atom is 0.305 e. The van der Waals surface area contributed by atoms with E-state index in [2.05, 4.69) is 5.32 Å². The number of rotatable bonds is 6. The molecule has 0 bridgehead atoms.